The molecule has 1 aromatic carbocycles. The smallest absolute Gasteiger partial charge is 0.335 e. The van der Waals surface area contributed by atoms with Crippen LogP contribution in [0.15, 0.2) is 18.2 Å². The molecule has 1 aliphatic heterocycles. The molecule has 1 aliphatic rings. The second-order valence-electron chi connectivity index (χ2n) is 4.99. The van der Waals surface area contributed by atoms with E-state index in [2.05, 4.69) is 0 Å². The van der Waals surface area contributed by atoms with Gasteiger partial charge in [0, 0.05) is 0 Å². The van der Waals surface area contributed by atoms with Crippen molar-refractivity contribution in [2.24, 2.45) is 0 Å². The molecule has 1 aromatic rings. The zero-order valence-corrected chi connectivity index (χ0v) is 12.2. The van der Waals surface area contributed by atoms with Gasteiger partial charge in [-0.1, -0.05) is 0 Å². The summed E-state index contributed by atoms with van der Waals surface area (Å²) in [5.74, 6) is -1.03. The van der Waals surface area contributed by atoms with E-state index in [4.69, 9.17) is 24.4 Å². The SMILES string of the molecule is COc1ccc(C(=O)O)cc1O[C@@H]1O[C@H](CO)[C@@H](O)[C@H](O)[C@H]1O. The summed E-state index contributed by atoms with van der Waals surface area (Å²) < 4.78 is 15.6. The summed E-state index contributed by atoms with van der Waals surface area (Å²) in [6, 6.07) is 3.84. The first-order chi connectivity index (χ1) is 10.9. The molecule has 1 fully saturated rings. The van der Waals surface area contributed by atoms with Crippen molar-refractivity contribution in [2.75, 3.05) is 13.7 Å². The highest BCUT2D eigenvalue weighted by molar-refractivity contribution is 5.88. The first kappa shape index (κ1) is 17.4. The number of methoxy groups -OCH3 is 1. The van der Waals surface area contributed by atoms with E-state index < -0.39 is 43.3 Å². The predicted molar refractivity (Wildman–Crippen MR) is 74.3 cm³/mol. The van der Waals surface area contributed by atoms with Crippen LogP contribution < -0.4 is 9.47 Å². The Hall–Kier alpha value is -1.91. The van der Waals surface area contributed by atoms with Crippen LogP contribution in [0, 0.1) is 0 Å². The third-order valence-corrected chi connectivity index (χ3v) is 3.50. The van der Waals surface area contributed by atoms with Gasteiger partial charge < -0.3 is 39.7 Å². The second-order valence-corrected chi connectivity index (χ2v) is 4.99. The summed E-state index contributed by atoms with van der Waals surface area (Å²) in [6.45, 7) is -0.600. The Kier molecular flexibility index (Phi) is 5.39. The third-order valence-electron chi connectivity index (χ3n) is 3.50. The molecular weight excluding hydrogens is 312 g/mol. The molecule has 1 heterocycles. The zero-order chi connectivity index (χ0) is 17.1. The average molecular weight is 330 g/mol. The standard InChI is InChI=1S/C14H18O9/c1-21-7-3-2-6(13(19)20)4-8(7)22-14-12(18)11(17)10(16)9(5-15)23-14/h2-4,9-12,14-18H,5H2,1H3,(H,19,20)/t9-,10-,11+,12-,14-/m1/s1. The number of carboxylic acid groups (broad SMARTS) is 1. The van der Waals surface area contributed by atoms with Gasteiger partial charge in [-0.3, -0.25) is 0 Å². The molecule has 128 valence electrons. The Morgan fingerprint density at radius 3 is 2.43 bits per heavy atom. The molecule has 0 aromatic heterocycles. The van der Waals surface area contributed by atoms with Crippen molar-refractivity contribution < 1.29 is 44.5 Å². The van der Waals surface area contributed by atoms with Crippen molar-refractivity contribution in [3.63, 3.8) is 0 Å². The van der Waals surface area contributed by atoms with Gasteiger partial charge in [-0.25, -0.2) is 4.79 Å². The monoisotopic (exact) mass is 330 g/mol. The van der Waals surface area contributed by atoms with Crippen molar-refractivity contribution in [1.82, 2.24) is 0 Å². The van der Waals surface area contributed by atoms with E-state index in [1.807, 2.05) is 0 Å². The molecule has 0 saturated carbocycles. The van der Waals surface area contributed by atoms with Gasteiger partial charge in [0.15, 0.2) is 11.5 Å². The van der Waals surface area contributed by atoms with Gasteiger partial charge >= 0.3 is 5.97 Å². The highest BCUT2D eigenvalue weighted by Crippen LogP contribution is 2.32. The molecule has 5 N–H and O–H groups in total. The normalized spacial score (nSPS) is 30.7. The zero-order valence-electron chi connectivity index (χ0n) is 12.2. The maximum Gasteiger partial charge on any atom is 0.335 e. The predicted octanol–water partition coefficient (Wildman–Crippen LogP) is -1.43. The number of aliphatic hydroxyl groups is 4. The second kappa shape index (κ2) is 7.11. The van der Waals surface area contributed by atoms with Crippen molar-refractivity contribution >= 4 is 5.97 Å². The number of hydrogen-bond acceptors (Lipinski definition) is 8. The van der Waals surface area contributed by atoms with E-state index >= 15 is 0 Å². The average Bonchev–Trinajstić information content (AvgIpc) is 2.55. The number of ether oxygens (including phenoxy) is 3. The van der Waals surface area contributed by atoms with Gasteiger partial charge in [0.2, 0.25) is 6.29 Å². The van der Waals surface area contributed by atoms with Gasteiger partial charge in [-0.2, -0.15) is 0 Å². The summed E-state index contributed by atoms with van der Waals surface area (Å²) in [5, 5.41) is 47.5. The van der Waals surface area contributed by atoms with Crippen LogP contribution in [0.25, 0.3) is 0 Å². The lowest BCUT2D eigenvalue weighted by atomic mass is 9.99. The van der Waals surface area contributed by atoms with Crippen LogP contribution in [0.5, 0.6) is 11.5 Å². The Morgan fingerprint density at radius 2 is 1.87 bits per heavy atom. The maximum absolute atomic E-state index is 11.0. The van der Waals surface area contributed by atoms with Gasteiger partial charge in [-0.15, -0.1) is 0 Å². The fourth-order valence-corrected chi connectivity index (χ4v) is 2.19. The highest BCUT2D eigenvalue weighted by Gasteiger charge is 2.45. The lowest BCUT2D eigenvalue weighted by Crippen LogP contribution is -2.60. The Balaban J connectivity index is 2.26. The first-order valence-corrected chi connectivity index (χ1v) is 6.77. The van der Waals surface area contributed by atoms with E-state index in [1.54, 1.807) is 0 Å². The van der Waals surface area contributed by atoms with Crippen molar-refractivity contribution in [1.29, 1.82) is 0 Å². The van der Waals surface area contributed by atoms with Crippen LogP contribution in [-0.2, 0) is 4.74 Å². The van der Waals surface area contributed by atoms with Gasteiger partial charge in [0.05, 0.1) is 19.3 Å². The van der Waals surface area contributed by atoms with E-state index in [1.165, 1.54) is 25.3 Å². The van der Waals surface area contributed by atoms with Crippen LogP contribution in [0.2, 0.25) is 0 Å². The number of aromatic carboxylic acids is 1. The molecule has 0 bridgehead atoms. The molecule has 9 nitrogen and oxygen atoms in total. The summed E-state index contributed by atoms with van der Waals surface area (Å²) in [5.41, 5.74) is -0.0783. The number of hydrogen-bond donors (Lipinski definition) is 5. The maximum atomic E-state index is 11.0. The van der Waals surface area contributed by atoms with Gasteiger partial charge in [-0.05, 0) is 18.2 Å². The number of benzene rings is 1. The van der Waals surface area contributed by atoms with E-state index in [-0.39, 0.29) is 17.1 Å². The number of carboxylic acids is 1. The van der Waals surface area contributed by atoms with Gasteiger partial charge in [0.1, 0.15) is 24.4 Å². The molecule has 5 atom stereocenters. The van der Waals surface area contributed by atoms with Crippen LogP contribution in [0.1, 0.15) is 10.4 Å². The molecule has 0 unspecified atom stereocenters. The van der Waals surface area contributed by atoms with E-state index in [9.17, 15) is 20.1 Å². The Bertz CT molecular complexity index is 559. The summed E-state index contributed by atoms with van der Waals surface area (Å²) in [4.78, 5) is 11.0. The molecule has 0 aliphatic carbocycles. The van der Waals surface area contributed by atoms with Crippen LogP contribution in [0.3, 0.4) is 0 Å². The number of aliphatic hydroxyl groups excluding tert-OH is 4. The van der Waals surface area contributed by atoms with E-state index in [0.717, 1.165) is 0 Å². The molecule has 0 radical (unpaired) electrons. The first-order valence-electron chi connectivity index (χ1n) is 6.77. The molecule has 23 heavy (non-hydrogen) atoms. The molecule has 1 saturated heterocycles. The minimum atomic E-state index is -1.61. The largest absolute Gasteiger partial charge is 0.493 e. The lowest BCUT2D eigenvalue weighted by molar-refractivity contribution is -0.277. The summed E-state index contributed by atoms with van der Waals surface area (Å²) in [7, 11) is 1.34. The summed E-state index contributed by atoms with van der Waals surface area (Å²) >= 11 is 0. The topological polar surface area (TPSA) is 146 Å². The lowest BCUT2D eigenvalue weighted by Gasteiger charge is -2.39. The fraction of sp³-hybridized carbons (Fsp3) is 0.500. The quantitative estimate of drug-likeness (QED) is 0.438. The Morgan fingerprint density at radius 1 is 1.17 bits per heavy atom. The highest BCUT2D eigenvalue weighted by atomic mass is 16.7. The van der Waals surface area contributed by atoms with E-state index in [0.29, 0.717) is 0 Å². The van der Waals surface area contributed by atoms with Crippen LogP contribution in [0.4, 0.5) is 0 Å². The minimum absolute atomic E-state index is 0.0308. The summed E-state index contributed by atoms with van der Waals surface area (Å²) in [6.07, 6.45) is -7.27. The molecular formula is C14H18O9. The van der Waals surface area contributed by atoms with Crippen molar-refractivity contribution in [3.8, 4) is 11.5 Å². The number of carbonyl (C=O) groups is 1. The molecule has 0 amide bonds. The fourth-order valence-electron chi connectivity index (χ4n) is 2.19. The van der Waals surface area contributed by atoms with Gasteiger partial charge in [0.25, 0.3) is 0 Å². The van der Waals surface area contributed by atoms with Crippen LogP contribution >= 0.6 is 0 Å². The van der Waals surface area contributed by atoms with Crippen molar-refractivity contribution in [2.45, 2.75) is 30.7 Å². The van der Waals surface area contributed by atoms with Crippen LogP contribution in [-0.4, -0.2) is 75.9 Å². The van der Waals surface area contributed by atoms with Crippen molar-refractivity contribution in [3.05, 3.63) is 23.8 Å². The number of rotatable bonds is 5. The minimum Gasteiger partial charge on any atom is -0.493 e. The molecule has 2 rings (SSSR count). The Labute approximate surface area is 131 Å². The molecule has 0 spiro atoms. The molecule has 9 heteroatoms. The third kappa shape index (κ3) is 3.54.